The van der Waals surface area contributed by atoms with Gasteiger partial charge in [0.15, 0.2) is 41.7 Å². The van der Waals surface area contributed by atoms with Gasteiger partial charge >= 0.3 is 5.97 Å². The molecule has 15 heteroatoms. The van der Waals surface area contributed by atoms with Crippen LogP contribution in [0.25, 0.3) is 6.08 Å². The Bertz CT molecular complexity index is 1300. The van der Waals surface area contributed by atoms with E-state index < -0.39 is 79.7 Å². The highest BCUT2D eigenvalue weighted by Crippen LogP contribution is 2.32. The fraction of sp³-hybridized carbons (Fsp3) is 0.483. The molecule has 242 valence electrons. The largest absolute Gasteiger partial charge is 0.504 e. The molecule has 44 heavy (non-hydrogen) atoms. The summed E-state index contributed by atoms with van der Waals surface area (Å²) in [5.41, 5.74) is 0.914. The predicted octanol–water partition coefficient (Wildman–Crippen LogP) is -1.02. The standard InChI is InChI=1S/C29H36O15/c1-13-22(36)23(37)24(38)29(41-13)44-27-25(39)28(40-9-8-15-3-6-17(32)19(34)11-15)42-20(12-30)26(27)43-21(35)7-4-14-2-5-16(31)18(33)10-14/h2-7,10-11,13,20,22-34,36-39H,8-9,12H2,1H3/b7-4+/t13-,20-,22-,23+,24+,25-,26-,27-,28-,29+/m1/s1. The molecule has 2 aromatic rings. The van der Waals surface area contributed by atoms with Gasteiger partial charge in [-0.15, -0.1) is 0 Å². The van der Waals surface area contributed by atoms with Crippen LogP contribution >= 0.6 is 0 Å². The van der Waals surface area contributed by atoms with Crippen LogP contribution in [0.3, 0.4) is 0 Å². The van der Waals surface area contributed by atoms with E-state index in [1.54, 1.807) is 6.07 Å². The van der Waals surface area contributed by atoms with Crippen molar-refractivity contribution in [2.24, 2.45) is 0 Å². The molecule has 2 heterocycles. The molecule has 4 rings (SSSR count). The second-order valence-electron chi connectivity index (χ2n) is 10.4. The SMILES string of the molecule is C[C@H]1O[C@@H](O[C@@H]2[C@@H](O)[C@H](OCCc3ccc(O)c(O)c3)O[C@H](CO)[C@H]2OC(=O)/C=C/c2ccc(O)c(O)c2)[C@@H](O)[C@@H](O)[C@@H]1O. The van der Waals surface area contributed by atoms with E-state index in [0.29, 0.717) is 11.1 Å². The number of phenols is 4. The maximum atomic E-state index is 12.8. The Kier molecular flexibility index (Phi) is 11.0. The van der Waals surface area contributed by atoms with Crippen LogP contribution in [0.2, 0.25) is 0 Å². The first kappa shape index (κ1) is 33.4. The van der Waals surface area contributed by atoms with Crippen molar-refractivity contribution in [3.63, 3.8) is 0 Å². The first-order valence-corrected chi connectivity index (χ1v) is 13.7. The number of carbonyl (C=O) groups excluding carboxylic acids is 1. The van der Waals surface area contributed by atoms with Gasteiger partial charge in [0.05, 0.1) is 19.3 Å². The van der Waals surface area contributed by atoms with Crippen molar-refractivity contribution in [3.05, 3.63) is 53.6 Å². The van der Waals surface area contributed by atoms with Gasteiger partial charge < -0.3 is 69.6 Å². The van der Waals surface area contributed by atoms with Crippen molar-refractivity contribution in [2.45, 2.75) is 74.8 Å². The van der Waals surface area contributed by atoms with E-state index in [1.807, 2.05) is 0 Å². The Morgan fingerprint density at radius 1 is 0.818 bits per heavy atom. The number of aliphatic hydroxyl groups excluding tert-OH is 5. The Hall–Kier alpha value is -3.51. The highest BCUT2D eigenvalue weighted by Gasteiger charge is 2.52. The van der Waals surface area contributed by atoms with Gasteiger partial charge in [-0.2, -0.15) is 0 Å². The molecule has 0 spiro atoms. The quantitative estimate of drug-likeness (QED) is 0.0873. The van der Waals surface area contributed by atoms with Crippen LogP contribution in [0.5, 0.6) is 23.0 Å². The Morgan fingerprint density at radius 3 is 2.16 bits per heavy atom. The van der Waals surface area contributed by atoms with E-state index in [1.165, 1.54) is 43.3 Å². The van der Waals surface area contributed by atoms with Crippen molar-refractivity contribution in [3.8, 4) is 23.0 Å². The Balaban J connectivity index is 1.52. The molecule has 0 amide bonds. The van der Waals surface area contributed by atoms with Crippen LogP contribution in [-0.4, -0.2) is 127 Å². The smallest absolute Gasteiger partial charge is 0.331 e. The molecule has 10 atom stereocenters. The van der Waals surface area contributed by atoms with Gasteiger partial charge in [-0.05, 0) is 54.8 Å². The molecule has 0 saturated carbocycles. The maximum absolute atomic E-state index is 12.8. The zero-order valence-corrected chi connectivity index (χ0v) is 23.5. The van der Waals surface area contributed by atoms with Crippen LogP contribution in [0.15, 0.2) is 42.5 Å². The number of hydrogen-bond acceptors (Lipinski definition) is 15. The topological polar surface area (TPSA) is 245 Å². The number of ether oxygens (including phenoxy) is 5. The Morgan fingerprint density at radius 2 is 1.50 bits per heavy atom. The molecular formula is C29H36O15. The van der Waals surface area contributed by atoms with Gasteiger partial charge in [-0.3, -0.25) is 0 Å². The molecule has 0 bridgehead atoms. The summed E-state index contributed by atoms with van der Waals surface area (Å²) in [6.45, 7) is 0.606. The van der Waals surface area contributed by atoms with Crippen LogP contribution in [-0.2, 0) is 34.9 Å². The summed E-state index contributed by atoms with van der Waals surface area (Å²) >= 11 is 0. The third-order valence-electron chi connectivity index (χ3n) is 7.27. The summed E-state index contributed by atoms with van der Waals surface area (Å²) in [6.07, 6.45) is -12.6. The van der Waals surface area contributed by atoms with Crippen molar-refractivity contribution < 1.29 is 74.4 Å². The van der Waals surface area contributed by atoms with Crippen molar-refractivity contribution in [1.29, 1.82) is 0 Å². The lowest BCUT2D eigenvalue weighted by Gasteiger charge is -2.46. The molecule has 9 N–H and O–H groups in total. The summed E-state index contributed by atoms with van der Waals surface area (Å²) in [5.74, 6) is -2.40. The van der Waals surface area contributed by atoms with Crippen molar-refractivity contribution in [2.75, 3.05) is 13.2 Å². The van der Waals surface area contributed by atoms with E-state index in [4.69, 9.17) is 23.7 Å². The van der Waals surface area contributed by atoms with E-state index in [0.717, 1.165) is 6.08 Å². The molecule has 2 aliphatic heterocycles. The highest BCUT2D eigenvalue weighted by atomic mass is 16.7. The van der Waals surface area contributed by atoms with Crippen LogP contribution < -0.4 is 0 Å². The number of hydrogen-bond donors (Lipinski definition) is 9. The zero-order valence-electron chi connectivity index (χ0n) is 23.5. The normalized spacial score (nSPS) is 32.5. The minimum atomic E-state index is -1.77. The van der Waals surface area contributed by atoms with Crippen LogP contribution in [0, 0.1) is 0 Å². The minimum absolute atomic E-state index is 0.0754. The van der Waals surface area contributed by atoms with Gasteiger partial charge in [0.2, 0.25) is 0 Å². The van der Waals surface area contributed by atoms with E-state index in [-0.39, 0.29) is 30.3 Å². The molecular weight excluding hydrogens is 588 g/mol. The first-order valence-electron chi connectivity index (χ1n) is 13.7. The van der Waals surface area contributed by atoms with E-state index >= 15 is 0 Å². The molecule has 0 aromatic heterocycles. The summed E-state index contributed by atoms with van der Waals surface area (Å²) in [5, 5.41) is 90.5. The third-order valence-corrected chi connectivity index (χ3v) is 7.27. The fourth-order valence-corrected chi connectivity index (χ4v) is 4.76. The van der Waals surface area contributed by atoms with E-state index in [2.05, 4.69) is 0 Å². The molecule has 2 aliphatic rings. The second kappa shape index (κ2) is 14.5. The fourth-order valence-electron chi connectivity index (χ4n) is 4.76. The van der Waals surface area contributed by atoms with Crippen molar-refractivity contribution >= 4 is 12.0 Å². The number of phenolic OH excluding ortho intramolecular Hbond substituents is 4. The Labute approximate surface area is 251 Å². The number of carbonyl (C=O) groups is 1. The number of benzene rings is 2. The van der Waals surface area contributed by atoms with Crippen LogP contribution in [0.4, 0.5) is 0 Å². The lowest BCUT2D eigenvalue weighted by atomic mass is 9.97. The lowest BCUT2D eigenvalue weighted by molar-refractivity contribution is -0.357. The van der Waals surface area contributed by atoms with Gasteiger partial charge in [-0.1, -0.05) is 12.1 Å². The van der Waals surface area contributed by atoms with E-state index in [9.17, 15) is 50.8 Å². The molecule has 0 radical (unpaired) electrons. The molecule has 2 saturated heterocycles. The number of aromatic hydroxyl groups is 4. The summed E-state index contributed by atoms with van der Waals surface area (Å²) in [4.78, 5) is 12.8. The molecule has 0 unspecified atom stereocenters. The average Bonchev–Trinajstić information content (AvgIpc) is 2.99. The maximum Gasteiger partial charge on any atom is 0.331 e. The minimum Gasteiger partial charge on any atom is -0.504 e. The first-order chi connectivity index (χ1) is 20.9. The zero-order chi connectivity index (χ0) is 32.1. The molecule has 0 aliphatic carbocycles. The van der Waals surface area contributed by atoms with Gasteiger partial charge in [0.25, 0.3) is 0 Å². The summed E-state index contributed by atoms with van der Waals surface area (Å²) < 4.78 is 28.2. The van der Waals surface area contributed by atoms with Crippen molar-refractivity contribution in [1.82, 2.24) is 0 Å². The van der Waals surface area contributed by atoms with Gasteiger partial charge in [0, 0.05) is 6.08 Å². The summed E-state index contributed by atoms with van der Waals surface area (Å²) in [6, 6.07) is 7.98. The predicted molar refractivity (Wildman–Crippen MR) is 147 cm³/mol. The molecule has 15 nitrogen and oxygen atoms in total. The number of esters is 1. The lowest BCUT2D eigenvalue weighted by Crippen LogP contribution is -2.65. The number of aliphatic hydroxyl groups is 5. The molecule has 2 fully saturated rings. The van der Waals surface area contributed by atoms with Crippen LogP contribution in [0.1, 0.15) is 18.1 Å². The van der Waals surface area contributed by atoms with Gasteiger partial charge in [-0.25, -0.2) is 4.79 Å². The van der Waals surface area contributed by atoms with Gasteiger partial charge in [0.1, 0.15) is 36.6 Å². The third kappa shape index (κ3) is 7.76. The second-order valence-corrected chi connectivity index (χ2v) is 10.4. The average molecular weight is 625 g/mol. The number of rotatable bonds is 10. The monoisotopic (exact) mass is 624 g/mol. The molecule has 2 aromatic carbocycles. The summed E-state index contributed by atoms with van der Waals surface area (Å²) in [7, 11) is 0. The highest BCUT2D eigenvalue weighted by molar-refractivity contribution is 5.87.